The van der Waals surface area contributed by atoms with Gasteiger partial charge in [-0.1, -0.05) is 0 Å². The lowest BCUT2D eigenvalue weighted by Crippen LogP contribution is -2.20. The first-order chi connectivity index (χ1) is 6.92. The zero-order chi connectivity index (χ0) is 11.5. The maximum absolute atomic E-state index is 11.8. The number of hydrogen-bond acceptors (Lipinski definition) is 3. The van der Waals surface area contributed by atoms with Crippen LogP contribution in [-0.4, -0.2) is 16.1 Å². The lowest BCUT2D eigenvalue weighted by Gasteiger charge is -2.05. The van der Waals surface area contributed by atoms with E-state index in [1.807, 2.05) is 0 Å². The number of nitrogens with one attached hydrogen (secondary N) is 1. The Kier molecular flexibility index (Phi) is 3.46. The molecule has 1 rings (SSSR count). The van der Waals surface area contributed by atoms with Crippen molar-refractivity contribution < 1.29 is 13.2 Å². The number of hydrogen-bond donors (Lipinski definition) is 2. The van der Waals surface area contributed by atoms with Crippen LogP contribution in [0.4, 0.5) is 13.2 Å². The Bertz CT molecular complexity index is 385. The van der Waals surface area contributed by atoms with Crippen LogP contribution in [0.2, 0.25) is 0 Å². The maximum Gasteiger partial charge on any atom is 0.389 e. The first-order valence-corrected chi connectivity index (χ1v) is 4.26. The van der Waals surface area contributed by atoms with Crippen molar-refractivity contribution in [2.75, 3.05) is 0 Å². The molecule has 1 aromatic heterocycles. The molecule has 0 unspecified atom stereocenters. The van der Waals surface area contributed by atoms with E-state index in [4.69, 9.17) is 5.73 Å². The molecule has 0 aliphatic rings. The predicted octanol–water partition coefficient (Wildman–Crippen LogP) is 0.724. The van der Waals surface area contributed by atoms with Gasteiger partial charge in [-0.05, 0) is 0 Å². The van der Waals surface area contributed by atoms with Crippen LogP contribution in [0.3, 0.4) is 0 Å². The molecule has 4 nitrogen and oxygen atoms in total. The summed E-state index contributed by atoms with van der Waals surface area (Å²) in [5, 5.41) is 0. The van der Waals surface area contributed by atoms with E-state index in [0.29, 0.717) is 0 Å². The molecule has 7 heteroatoms. The first-order valence-electron chi connectivity index (χ1n) is 4.26. The quantitative estimate of drug-likeness (QED) is 0.790. The van der Waals surface area contributed by atoms with Crippen LogP contribution in [0.1, 0.15) is 17.8 Å². The Morgan fingerprint density at radius 3 is 2.60 bits per heavy atom. The predicted molar refractivity (Wildman–Crippen MR) is 47.1 cm³/mol. The van der Waals surface area contributed by atoms with Gasteiger partial charge in [0, 0.05) is 24.7 Å². The van der Waals surface area contributed by atoms with Crippen LogP contribution in [0.25, 0.3) is 0 Å². The molecular formula is C8H10F3N3O. The Balaban J connectivity index is 2.72. The summed E-state index contributed by atoms with van der Waals surface area (Å²) in [7, 11) is 0. The molecule has 0 atom stereocenters. The van der Waals surface area contributed by atoms with E-state index < -0.39 is 18.2 Å². The number of H-pyrrole nitrogens is 1. The zero-order valence-electron chi connectivity index (χ0n) is 7.77. The Morgan fingerprint density at radius 1 is 1.47 bits per heavy atom. The minimum atomic E-state index is -4.24. The molecule has 0 fully saturated rings. The summed E-state index contributed by atoms with van der Waals surface area (Å²) in [6, 6.07) is 0. The van der Waals surface area contributed by atoms with E-state index in [1.54, 1.807) is 0 Å². The van der Waals surface area contributed by atoms with Crippen molar-refractivity contribution in [3.63, 3.8) is 0 Å². The minimum absolute atomic E-state index is 0.0158. The highest BCUT2D eigenvalue weighted by molar-refractivity contribution is 5.05. The minimum Gasteiger partial charge on any atom is -0.326 e. The molecule has 15 heavy (non-hydrogen) atoms. The smallest absolute Gasteiger partial charge is 0.326 e. The van der Waals surface area contributed by atoms with Crippen molar-refractivity contribution in [3.8, 4) is 0 Å². The molecule has 0 saturated carbocycles. The number of alkyl halides is 3. The maximum atomic E-state index is 11.8. The van der Waals surface area contributed by atoms with Gasteiger partial charge < -0.3 is 10.7 Å². The molecule has 0 aliphatic carbocycles. The molecule has 3 N–H and O–H groups in total. The fourth-order valence-electron chi connectivity index (χ4n) is 0.991. The Morgan fingerprint density at radius 2 is 2.13 bits per heavy atom. The van der Waals surface area contributed by atoms with Crippen LogP contribution in [0, 0.1) is 0 Å². The molecule has 0 aromatic carbocycles. The summed E-state index contributed by atoms with van der Waals surface area (Å²) in [5.41, 5.74) is 4.98. The first kappa shape index (κ1) is 11.7. The van der Waals surface area contributed by atoms with E-state index in [-0.39, 0.29) is 24.4 Å². The van der Waals surface area contributed by atoms with Crippen molar-refractivity contribution in [3.05, 3.63) is 27.9 Å². The van der Waals surface area contributed by atoms with Gasteiger partial charge in [0.05, 0.1) is 6.42 Å². The monoisotopic (exact) mass is 221 g/mol. The second-order valence-electron chi connectivity index (χ2n) is 3.00. The summed E-state index contributed by atoms with van der Waals surface area (Å²) in [6.07, 6.45) is -4.38. The number of nitrogens with two attached hydrogens (primary N) is 1. The van der Waals surface area contributed by atoms with E-state index in [2.05, 4.69) is 9.97 Å². The molecular weight excluding hydrogens is 211 g/mol. The van der Waals surface area contributed by atoms with Crippen molar-refractivity contribution in [1.29, 1.82) is 0 Å². The highest BCUT2D eigenvalue weighted by atomic mass is 19.4. The number of aromatic amines is 1. The third-order valence-corrected chi connectivity index (χ3v) is 1.79. The van der Waals surface area contributed by atoms with Gasteiger partial charge in [-0.3, -0.25) is 4.79 Å². The van der Waals surface area contributed by atoms with Gasteiger partial charge in [-0.2, -0.15) is 13.2 Å². The highest BCUT2D eigenvalue weighted by Crippen LogP contribution is 2.20. The van der Waals surface area contributed by atoms with E-state index in [1.165, 1.54) is 6.20 Å². The summed E-state index contributed by atoms with van der Waals surface area (Å²) in [4.78, 5) is 17.1. The normalized spacial score (nSPS) is 11.7. The van der Waals surface area contributed by atoms with E-state index in [0.717, 1.165) is 0 Å². The van der Waals surface area contributed by atoms with E-state index >= 15 is 0 Å². The van der Waals surface area contributed by atoms with Crippen LogP contribution in [-0.2, 0) is 13.0 Å². The lowest BCUT2D eigenvalue weighted by atomic mass is 10.2. The van der Waals surface area contributed by atoms with Gasteiger partial charge in [0.1, 0.15) is 5.82 Å². The summed E-state index contributed by atoms with van der Waals surface area (Å²) < 4.78 is 35.5. The van der Waals surface area contributed by atoms with Crippen molar-refractivity contribution in [2.45, 2.75) is 25.6 Å². The topological polar surface area (TPSA) is 71.8 Å². The molecule has 0 radical (unpaired) electrons. The molecule has 0 amide bonds. The van der Waals surface area contributed by atoms with Crippen LogP contribution in [0.15, 0.2) is 11.0 Å². The number of halogens is 3. The number of rotatable bonds is 3. The second-order valence-corrected chi connectivity index (χ2v) is 3.00. The Labute approximate surface area is 83.3 Å². The summed E-state index contributed by atoms with van der Waals surface area (Å²) in [6.45, 7) is 0.0158. The summed E-state index contributed by atoms with van der Waals surface area (Å²) >= 11 is 0. The molecule has 0 aliphatic heterocycles. The van der Waals surface area contributed by atoms with Crippen LogP contribution < -0.4 is 11.3 Å². The number of aromatic nitrogens is 2. The zero-order valence-corrected chi connectivity index (χ0v) is 7.77. The Hall–Kier alpha value is -1.37. The molecule has 0 spiro atoms. The largest absolute Gasteiger partial charge is 0.389 e. The summed E-state index contributed by atoms with van der Waals surface area (Å²) in [5.74, 6) is 0.0227. The third-order valence-electron chi connectivity index (χ3n) is 1.79. The third kappa shape index (κ3) is 3.70. The lowest BCUT2D eigenvalue weighted by molar-refractivity contribution is -0.134. The number of nitrogens with zero attached hydrogens (tertiary/aromatic N) is 1. The van der Waals surface area contributed by atoms with Crippen LogP contribution in [0.5, 0.6) is 0 Å². The van der Waals surface area contributed by atoms with Gasteiger partial charge in [-0.25, -0.2) is 4.98 Å². The second kappa shape index (κ2) is 4.43. The molecule has 0 saturated heterocycles. The molecule has 0 bridgehead atoms. The standard InChI is InChI=1S/C8H10F3N3O/c9-8(10,11)2-1-6-13-4-5(3-12)7(15)14-6/h4H,1-3,12H2,(H,13,14,15). The SMILES string of the molecule is NCc1cnc(CCC(F)(F)F)[nH]c1=O. The highest BCUT2D eigenvalue weighted by Gasteiger charge is 2.26. The average molecular weight is 221 g/mol. The van der Waals surface area contributed by atoms with Gasteiger partial charge in [-0.15, -0.1) is 0 Å². The van der Waals surface area contributed by atoms with Gasteiger partial charge in [0.2, 0.25) is 0 Å². The molecule has 1 aromatic rings. The number of aryl methyl sites for hydroxylation is 1. The van der Waals surface area contributed by atoms with E-state index in [9.17, 15) is 18.0 Å². The molecule has 1 heterocycles. The van der Waals surface area contributed by atoms with Gasteiger partial charge in [0.25, 0.3) is 5.56 Å². The fraction of sp³-hybridized carbons (Fsp3) is 0.500. The fourth-order valence-corrected chi connectivity index (χ4v) is 0.991. The van der Waals surface area contributed by atoms with Crippen molar-refractivity contribution in [2.24, 2.45) is 5.73 Å². The van der Waals surface area contributed by atoms with Gasteiger partial charge >= 0.3 is 6.18 Å². The van der Waals surface area contributed by atoms with Crippen molar-refractivity contribution >= 4 is 0 Å². The van der Waals surface area contributed by atoms with Crippen molar-refractivity contribution in [1.82, 2.24) is 9.97 Å². The van der Waals surface area contributed by atoms with Gasteiger partial charge in [0.15, 0.2) is 0 Å². The molecule has 84 valence electrons. The average Bonchev–Trinajstić information content (AvgIpc) is 2.14. The van der Waals surface area contributed by atoms with Crippen LogP contribution >= 0.6 is 0 Å².